The van der Waals surface area contributed by atoms with Gasteiger partial charge in [-0.25, -0.2) is 4.98 Å². The monoisotopic (exact) mass is 407 g/mol. The minimum absolute atomic E-state index is 0.202. The van der Waals surface area contributed by atoms with E-state index >= 15 is 0 Å². The van der Waals surface area contributed by atoms with E-state index in [-0.39, 0.29) is 23.4 Å². The molecule has 29 heavy (non-hydrogen) atoms. The summed E-state index contributed by atoms with van der Waals surface area (Å²) in [5, 5.41) is 5.78. The maximum atomic E-state index is 13.3. The lowest BCUT2D eigenvalue weighted by molar-refractivity contribution is -0.128. The average molecular weight is 407 g/mol. The summed E-state index contributed by atoms with van der Waals surface area (Å²) in [5.74, 6) is 0.190. The maximum absolute atomic E-state index is 13.3. The van der Waals surface area contributed by atoms with Crippen LogP contribution in [-0.2, 0) is 4.79 Å². The van der Waals surface area contributed by atoms with E-state index in [0.717, 1.165) is 17.8 Å². The average Bonchev–Trinajstić information content (AvgIpc) is 3.48. The quantitative estimate of drug-likeness (QED) is 0.651. The SMILES string of the molecule is O=C(N/C(=C/c1ccco1)C(=O)N1CCCC(c2nccs2)C1)c1ccccc1. The summed E-state index contributed by atoms with van der Waals surface area (Å²) in [4.78, 5) is 32.1. The van der Waals surface area contributed by atoms with Gasteiger partial charge in [0.25, 0.3) is 11.8 Å². The lowest BCUT2D eigenvalue weighted by Gasteiger charge is -2.32. The standard InChI is InChI=1S/C22H21N3O3S/c26-20(16-6-2-1-3-7-16)24-19(14-18-9-5-12-28-18)22(27)25-11-4-8-17(15-25)21-23-10-13-29-21/h1-3,5-7,9-10,12-14,17H,4,8,11,15H2,(H,24,26)/b19-14+. The predicted molar refractivity (Wildman–Crippen MR) is 111 cm³/mol. The molecule has 2 aromatic heterocycles. The molecule has 7 heteroatoms. The molecule has 1 atom stereocenters. The third kappa shape index (κ3) is 4.63. The molecule has 1 aliphatic rings. The zero-order valence-corrected chi connectivity index (χ0v) is 16.6. The fourth-order valence-corrected chi connectivity index (χ4v) is 4.19. The lowest BCUT2D eigenvalue weighted by Crippen LogP contribution is -2.43. The molecule has 1 saturated heterocycles. The topological polar surface area (TPSA) is 75.4 Å². The van der Waals surface area contributed by atoms with Crippen molar-refractivity contribution in [1.82, 2.24) is 15.2 Å². The smallest absolute Gasteiger partial charge is 0.270 e. The molecule has 6 nitrogen and oxygen atoms in total. The number of likely N-dealkylation sites (tertiary alicyclic amines) is 1. The first-order valence-corrected chi connectivity index (χ1v) is 10.4. The number of rotatable bonds is 5. The van der Waals surface area contributed by atoms with E-state index in [1.54, 1.807) is 64.9 Å². The Hall–Kier alpha value is -3.19. The van der Waals surface area contributed by atoms with Gasteiger partial charge in [0.05, 0.1) is 11.3 Å². The van der Waals surface area contributed by atoms with Crippen LogP contribution in [0.3, 0.4) is 0 Å². The first-order valence-electron chi connectivity index (χ1n) is 9.51. The van der Waals surface area contributed by atoms with E-state index in [1.807, 2.05) is 11.4 Å². The van der Waals surface area contributed by atoms with Crippen molar-refractivity contribution >= 4 is 29.2 Å². The number of carbonyl (C=O) groups is 2. The van der Waals surface area contributed by atoms with Gasteiger partial charge in [-0.1, -0.05) is 18.2 Å². The van der Waals surface area contributed by atoms with E-state index in [0.29, 0.717) is 24.4 Å². The minimum Gasteiger partial charge on any atom is -0.465 e. The first kappa shape index (κ1) is 19.1. The minimum atomic E-state index is -0.328. The Bertz CT molecular complexity index is 982. The van der Waals surface area contributed by atoms with Crippen LogP contribution < -0.4 is 5.32 Å². The maximum Gasteiger partial charge on any atom is 0.270 e. The van der Waals surface area contributed by atoms with Crippen molar-refractivity contribution in [1.29, 1.82) is 0 Å². The van der Waals surface area contributed by atoms with Crippen LogP contribution >= 0.6 is 11.3 Å². The molecule has 2 amide bonds. The van der Waals surface area contributed by atoms with Gasteiger partial charge in [0.2, 0.25) is 0 Å². The third-order valence-corrected chi connectivity index (χ3v) is 5.79. The molecule has 3 heterocycles. The molecule has 1 aliphatic heterocycles. The number of benzene rings is 1. The van der Waals surface area contributed by atoms with E-state index in [2.05, 4.69) is 10.3 Å². The number of hydrogen-bond acceptors (Lipinski definition) is 5. The number of carbonyl (C=O) groups excluding carboxylic acids is 2. The van der Waals surface area contributed by atoms with Crippen molar-refractivity contribution in [3.05, 3.63) is 82.3 Å². The van der Waals surface area contributed by atoms with Gasteiger partial charge < -0.3 is 14.6 Å². The Kier molecular flexibility index (Phi) is 5.86. The number of amides is 2. The number of nitrogens with one attached hydrogen (secondary N) is 1. The van der Waals surface area contributed by atoms with Crippen LogP contribution in [0.2, 0.25) is 0 Å². The van der Waals surface area contributed by atoms with Gasteiger partial charge in [-0.05, 0) is 37.1 Å². The second-order valence-corrected chi connectivity index (χ2v) is 7.78. The van der Waals surface area contributed by atoms with Crippen LogP contribution in [-0.4, -0.2) is 34.8 Å². The summed E-state index contributed by atoms with van der Waals surface area (Å²) in [6.45, 7) is 1.24. The van der Waals surface area contributed by atoms with Crippen LogP contribution in [0.15, 0.2) is 70.4 Å². The Morgan fingerprint density at radius 1 is 1.21 bits per heavy atom. The van der Waals surface area contributed by atoms with Crippen LogP contribution in [0, 0.1) is 0 Å². The van der Waals surface area contributed by atoms with Crippen LogP contribution in [0.25, 0.3) is 6.08 Å². The molecule has 1 fully saturated rings. The van der Waals surface area contributed by atoms with Gasteiger partial charge in [0, 0.05) is 42.2 Å². The number of thiazole rings is 1. The van der Waals surface area contributed by atoms with Crippen molar-refractivity contribution in [2.24, 2.45) is 0 Å². The highest BCUT2D eigenvalue weighted by atomic mass is 32.1. The van der Waals surface area contributed by atoms with Gasteiger partial charge in [-0.2, -0.15) is 0 Å². The second-order valence-electron chi connectivity index (χ2n) is 6.85. The normalized spacial score (nSPS) is 17.2. The third-order valence-electron chi connectivity index (χ3n) is 4.85. The van der Waals surface area contributed by atoms with Crippen LogP contribution in [0.4, 0.5) is 0 Å². The van der Waals surface area contributed by atoms with Crippen molar-refractivity contribution in [3.63, 3.8) is 0 Å². The Balaban J connectivity index is 1.55. The molecule has 0 radical (unpaired) electrons. The molecule has 0 spiro atoms. The first-order chi connectivity index (χ1) is 14.2. The molecule has 1 N–H and O–H groups in total. The molecule has 0 aliphatic carbocycles. The highest BCUT2D eigenvalue weighted by Gasteiger charge is 2.28. The van der Waals surface area contributed by atoms with Gasteiger partial charge >= 0.3 is 0 Å². The van der Waals surface area contributed by atoms with Gasteiger partial charge in [0.15, 0.2) is 0 Å². The number of nitrogens with zero attached hydrogens (tertiary/aromatic N) is 2. The van der Waals surface area contributed by atoms with E-state index < -0.39 is 0 Å². The fourth-order valence-electron chi connectivity index (χ4n) is 3.42. The van der Waals surface area contributed by atoms with Gasteiger partial charge in [0.1, 0.15) is 11.5 Å². The summed E-state index contributed by atoms with van der Waals surface area (Å²) < 4.78 is 5.36. The number of aromatic nitrogens is 1. The van der Waals surface area contributed by atoms with Crippen LogP contribution in [0.1, 0.15) is 39.9 Å². The highest BCUT2D eigenvalue weighted by molar-refractivity contribution is 7.09. The molecule has 0 bridgehead atoms. The highest BCUT2D eigenvalue weighted by Crippen LogP contribution is 2.29. The summed E-state index contributed by atoms with van der Waals surface area (Å²) in [6.07, 6.45) is 6.81. The molecule has 4 rings (SSSR count). The zero-order chi connectivity index (χ0) is 20.1. The van der Waals surface area contributed by atoms with E-state index in [9.17, 15) is 9.59 Å². The molecule has 1 unspecified atom stereocenters. The zero-order valence-electron chi connectivity index (χ0n) is 15.8. The molecular formula is C22H21N3O3S. The molecule has 3 aromatic rings. The second kappa shape index (κ2) is 8.87. The van der Waals surface area contributed by atoms with E-state index in [1.165, 1.54) is 6.26 Å². The fraction of sp³-hybridized carbons (Fsp3) is 0.227. The summed E-state index contributed by atoms with van der Waals surface area (Å²) >= 11 is 1.61. The molecular weight excluding hydrogens is 386 g/mol. The summed E-state index contributed by atoms with van der Waals surface area (Å²) in [5.41, 5.74) is 0.693. The molecule has 1 aromatic carbocycles. The van der Waals surface area contributed by atoms with Gasteiger partial charge in [-0.15, -0.1) is 11.3 Å². The summed E-state index contributed by atoms with van der Waals surface area (Å²) in [6, 6.07) is 12.3. The Labute approximate surface area is 172 Å². The number of furan rings is 1. The molecule has 148 valence electrons. The summed E-state index contributed by atoms with van der Waals surface area (Å²) in [7, 11) is 0. The van der Waals surface area contributed by atoms with Crippen molar-refractivity contribution < 1.29 is 14.0 Å². The van der Waals surface area contributed by atoms with Crippen molar-refractivity contribution in [2.75, 3.05) is 13.1 Å². The lowest BCUT2D eigenvalue weighted by atomic mass is 9.98. The van der Waals surface area contributed by atoms with Crippen molar-refractivity contribution in [2.45, 2.75) is 18.8 Å². The Morgan fingerprint density at radius 2 is 2.07 bits per heavy atom. The Morgan fingerprint density at radius 3 is 2.79 bits per heavy atom. The van der Waals surface area contributed by atoms with E-state index in [4.69, 9.17) is 4.42 Å². The van der Waals surface area contributed by atoms with Crippen LogP contribution in [0.5, 0.6) is 0 Å². The predicted octanol–water partition coefficient (Wildman–Crippen LogP) is 3.91. The number of piperidine rings is 1. The number of hydrogen-bond donors (Lipinski definition) is 1. The molecule has 0 saturated carbocycles. The van der Waals surface area contributed by atoms with Gasteiger partial charge in [-0.3, -0.25) is 9.59 Å². The van der Waals surface area contributed by atoms with Crippen molar-refractivity contribution in [3.8, 4) is 0 Å². The largest absolute Gasteiger partial charge is 0.465 e.